The fourth-order valence-electron chi connectivity index (χ4n) is 1.86. The maximum absolute atomic E-state index is 10.7. The van der Waals surface area contributed by atoms with Crippen LogP contribution in [0.4, 0.5) is 0 Å². The standard InChI is InChI=1S/C8H12NO2/c9-7(10)6-8(11-6)4-2-1-3-5-8/h1,6H,2-5H2,(H2,9,10)/t6-/m1/s1. The van der Waals surface area contributed by atoms with E-state index in [1.165, 1.54) is 0 Å². The first-order valence-electron chi connectivity index (χ1n) is 4.03. The van der Waals surface area contributed by atoms with Crippen molar-refractivity contribution in [2.75, 3.05) is 0 Å². The number of ether oxygens (including phenoxy) is 1. The lowest BCUT2D eigenvalue weighted by Crippen LogP contribution is -2.28. The number of hydrogen-bond donors (Lipinski definition) is 1. The van der Waals surface area contributed by atoms with Crippen molar-refractivity contribution in [3.63, 3.8) is 0 Å². The van der Waals surface area contributed by atoms with Crippen LogP contribution >= 0.6 is 0 Å². The SMILES string of the molecule is NC(=O)[C@H]1OC12CC[CH]CC2. The quantitative estimate of drug-likeness (QED) is 0.555. The van der Waals surface area contributed by atoms with Crippen LogP contribution in [0.15, 0.2) is 0 Å². The smallest absolute Gasteiger partial charge is 0.249 e. The van der Waals surface area contributed by atoms with Crippen LogP contribution in [0.25, 0.3) is 0 Å². The van der Waals surface area contributed by atoms with Gasteiger partial charge in [-0.15, -0.1) is 0 Å². The maximum Gasteiger partial charge on any atom is 0.249 e. The molecule has 1 saturated carbocycles. The molecule has 1 spiro atoms. The lowest BCUT2D eigenvalue weighted by Gasteiger charge is -2.16. The van der Waals surface area contributed by atoms with Gasteiger partial charge in [0.1, 0.15) is 5.60 Å². The van der Waals surface area contributed by atoms with Crippen molar-refractivity contribution in [1.82, 2.24) is 0 Å². The van der Waals surface area contributed by atoms with E-state index in [4.69, 9.17) is 10.5 Å². The molecule has 2 fully saturated rings. The molecule has 0 bridgehead atoms. The fourth-order valence-corrected chi connectivity index (χ4v) is 1.86. The normalized spacial score (nSPS) is 33.6. The number of primary amides is 1. The Morgan fingerprint density at radius 3 is 2.64 bits per heavy atom. The van der Waals surface area contributed by atoms with Crippen LogP contribution in [-0.2, 0) is 9.53 Å². The van der Waals surface area contributed by atoms with Crippen molar-refractivity contribution >= 4 is 5.91 Å². The molecule has 3 nitrogen and oxygen atoms in total. The highest BCUT2D eigenvalue weighted by Crippen LogP contribution is 2.47. The molecule has 1 aliphatic heterocycles. The van der Waals surface area contributed by atoms with Crippen LogP contribution in [0, 0.1) is 6.42 Å². The minimum Gasteiger partial charge on any atom is -0.367 e. The Hall–Kier alpha value is -0.570. The summed E-state index contributed by atoms with van der Waals surface area (Å²) in [6.45, 7) is 0. The van der Waals surface area contributed by atoms with Gasteiger partial charge in [0.25, 0.3) is 0 Å². The molecule has 1 aliphatic carbocycles. The van der Waals surface area contributed by atoms with E-state index in [-0.39, 0.29) is 17.6 Å². The van der Waals surface area contributed by atoms with E-state index < -0.39 is 0 Å². The Balaban J connectivity index is 1.99. The highest BCUT2D eigenvalue weighted by molar-refractivity contribution is 5.83. The van der Waals surface area contributed by atoms with E-state index in [1.54, 1.807) is 0 Å². The summed E-state index contributed by atoms with van der Waals surface area (Å²) in [5, 5.41) is 0. The number of carbonyl (C=O) groups is 1. The Labute approximate surface area is 65.9 Å². The molecular weight excluding hydrogens is 142 g/mol. The average molecular weight is 154 g/mol. The van der Waals surface area contributed by atoms with Gasteiger partial charge in [-0.3, -0.25) is 4.79 Å². The Bertz CT molecular complexity index is 185. The topological polar surface area (TPSA) is 55.6 Å². The van der Waals surface area contributed by atoms with Crippen LogP contribution in [0.3, 0.4) is 0 Å². The predicted octanol–water partition coefficient (Wildman–Crippen LogP) is 0.388. The lowest BCUT2D eigenvalue weighted by molar-refractivity contribution is -0.119. The minimum absolute atomic E-state index is 0.138. The Morgan fingerprint density at radius 1 is 1.55 bits per heavy atom. The first kappa shape index (κ1) is 7.10. The second-order valence-electron chi connectivity index (χ2n) is 3.33. The number of rotatable bonds is 1. The third-order valence-corrected chi connectivity index (χ3v) is 2.57. The first-order valence-corrected chi connectivity index (χ1v) is 4.03. The summed E-state index contributed by atoms with van der Waals surface area (Å²) in [5.74, 6) is -0.299. The molecule has 3 heteroatoms. The number of epoxide rings is 1. The molecular formula is C8H12NO2. The Kier molecular flexibility index (Phi) is 1.42. The van der Waals surface area contributed by atoms with E-state index in [2.05, 4.69) is 6.42 Å². The summed E-state index contributed by atoms with van der Waals surface area (Å²) in [7, 11) is 0. The summed E-state index contributed by atoms with van der Waals surface area (Å²) in [5.41, 5.74) is 4.99. The summed E-state index contributed by atoms with van der Waals surface area (Å²) in [4.78, 5) is 10.7. The Morgan fingerprint density at radius 2 is 2.18 bits per heavy atom. The molecule has 2 aliphatic rings. The van der Waals surface area contributed by atoms with E-state index in [0.29, 0.717) is 0 Å². The van der Waals surface area contributed by atoms with Crippen molar-refractivity contribution < 1.29 is 9.53 Å². The molecule has 1 saturated heterocycles. The molecule has 11 heavy (non-hydrogen) atoms. The lowest BCUT2D eigenvalue weighted by atomic mass is 9.86. The largest absolute Gasteiger partial charge is 0.367 e. The second kappa shape index (κ2) is 2.21. The van der Waals surface area contributed by atoms with E-state index in [0.717, 1.165) is 25.7 Å². The van der Waals surface area contributed by atoms with Gasteiger partial charge in [-0.25, -0.2) is 0 Å². The van der Waals surface area contributed by atoms with E-state index in [1.807, 2.05) is 0 Å². The molecule has 0 aromatic carbocycles. The molecule has 1 radical (unpaired) electrons. The average Bonchev–Trinajstić information content (AvgIpc) is 2.66. The van der Waals surface area contributed by atoms with Gasteiger partial charge in [-0.2, -0.15) is 0 Å². The highest BCUT2D eigenvalue weighted by atomic mass is 16.6. The summed E-state index contributed by atoms with van der Waals surface area (Å²) in [6.07, 6.45) is 6.02. The van der Waals surface area contributed by atoms with Crippen molar-refractivity contribution in [2.24, 2.45) is 5.73 Å². The van der Waals surface area contributed by atoms with Crippen LogP contribution in [0.5, 0.6) is 0 Å². The van der Waals surface area contributed by atoms with Gasteiger partial charge in [0, 0.05) is 0 Å². The molecule has 0 aromatic heterocycles. The fraction of sp³-hybridized carbons (Fsp3) is 0.750. The van der Waals surface area contributed by atoms with Crippen LogP contribution < -0.4 is 5.73 Å². The van der Waals surface area contributed by atoms with Crippen molar-refractivity contribution in [3.8, 4) is 0 Å². The van der Waals surface area contributed by atoms with Crippen molar-refractivity contribution in [1.29, 1.82) is 0 Å². The predicted molar refractivity (Wildman–Crippen MR) is 39.6 cm³/mol. The molecule has 1 atom stereocenters. The van der Waals surface area contributed by atoms with Gasteiger partial charge in [-0.05, 0) is 32.1 Å². The van der Waals surface area contributed by atoms with Crippen molar-refractivity contribution in [3.05, 3.63) is 6.42 Å². The van der Waals surface area contributed by atoms with Gasteiger partial charge < -0.3 is 10.5 Å². The molecule has 0 unspecified atom stereocenters. The second-order valence-corrected chi connectivity index (χ2v) is 3.33. The van der Waals surface area contributed by atoms with Crippen LogP contribution in [0.2, 0.25) is 0 Å². The van der Waals surface area contributed by atoms with E-state index in [9.17, 15) is 4.79 Å². The third kappa shape index (κ3) is 1.03. The monoisotopic (exact) mass is 154 g/mol. The number of hydrogen-bond acceptors (Lipinski definition) is 2. The zero-order valence-electron chi connectivity index (χ0n) is 6.38. The molecule has 2 N–H and O–H groups in total. The number of carbonyl (C=O) groups excluding carboxylic acids is 1. The summed E-state index contributed by atoms with van der Waals surface area (Å²) in [6, 6.07) is 0. The van der Waals surface area contributed by atoms with E-state index >= 15 is 0 Å². The van der Waals surface area contributed by atoms with Gasteiger partial charge in [0.05, 0.1) is 0 Å². The van der Waals surface area contributed by atoms with Gasteiger partial charge in [0.2, 0.25) is 5.91 Å². The summed E-state index contributed by atoms with van der Waals surface area (Å²) < 4.78 is 5.31. The highest BCUT2D eigenvalue weighted by Gasteiger charge is 2.59. The van der Waals surface area contributed by atoms with Crippen molar-refractivity contribution in [2.45, 2.75) is 37.4 Å². The van der Waals surface area contributed by atoms with Crippen LogP contribution in [0.1, 0.15) is 25.7 Å². The third-order valence-electron chi connectivity index (χ3n) is 2.57. The van der Waals surface area contributed by atoms with Gasteiger partial charge >= 0.3 is 0 Å². The van der Waals surface area contributed by atoms with Crippen LogP contribution in [-0.4, -0.2) is 17.6 Å². The number of amides is 1. The molecule has 1 heterocycles. The summed E-state index contributed by atoms with van der Waals surface area (Å²) >= 11 is 0. The molecule has 2 rings (SSSR count). The first-order chi connectivity index (χ1) is 5.25. The zero-order chi connectivity index (χ0) is 7.90. The van der Waals surface area contributed by atoms with Gasteiger partial charge in [0.15, 0.2) is 6.10 Å². The maximum atomic E-state index is 10.7. The molecule has 1 amide bonds. The number of nitrogens with two attached hydrogens (primary N) is 1. The van der Waals surface area contributed by atoms with Gasteiger partial charge in [-0.1, -0.05) is 0 Å². The molecule has 0 aromatic rings. The minimum atomic E-state index is -0.299. The molecule has 61 valence electrons. The zero-order valence-corrected chi connectivity index (χ0v) is 6.38.